The van der Waals surface area contributed by atoms with Gasteiger partial charge in [0.25, 0.3) is 0 Å². The summed E-state index contributed by atoms with van der Waals surface area (Å²) >= 11 is 0. The number of carbonyl (C=O) groups is 1. The number of carbonyl (C=O) groups excluding carboxylic acids is 1. The molecule has 21 heavy (non-hydrogen) atoms. The van der Waals surface area contributed by atoms with Gasteiger partial charge in [-0.2, -0.15) is 0 Å². The molecular formula is C16H28ClN3O. The second-order valence-corrected chi connectivity index (χ2v) is 5.39. The Morgan fingerprint density at radius 3 is 2.52 bits per heavy atom. The van der Waals surface area contributed by atoms with Crippen LogP contribution in [0.15, 0.2) is 30.3 Å². The Balaban J connectivity index is 0.00000400. The van der Waals surface area contributed by atoms with Crippen LogP contribution >= 0.6 is 12.4 Å². The molecule has 0 fully saturated rings. The van der Waals surface area contributed by atoms with Crippen molar-refractivity contribution in [2.75, 3.05) is 13.6 Å². The predicted molar refractivity (Wildman–Crippen MR) is 90.5 cm³/mol. The number of amides is 1. The molecule has 0 radical (unpaired) electrons. The summed E-state index contributed by atoms with van der Waals surface area (Å²) in [5.74, 6) is -0.0492. The highest BCUT2D eigenvalue weighted by Crippen LogP contribution is 2.05. The third kappa shape index (κ3) is 7.46. The summed E-state index contributed by atoms with van der Waals surface area (Å²) in [6, 6.07) is 10.2. The van der Waals surface area contributed by atoms with Gasteiger partial charge in [0.15, 0.2) is 0 Å². The molecule has 5 heteroatoms. The minimum Gasteiger partial charge on any atom is -0.353 e. The number of rotatable bonds is 8. The van der Waals surface area contributed by atoms with Crippen LogP contribution in [0.3, 0.4) is 0 Å². The molecule has 0 bridgehead atoms. The largest absolute Gasteiger partial charge is 0.353 e. The summed E-state index contributed by atoms with van der Waals surface area (Å²) in [7, 11) is 2.07. The van der Waals surface area contributed by atoms with Crippen molar-refractivity contribution >= 4 is 18.3 Å². The van der Waals surface area contributed by atoms with E-state index in [-0.39, 0.29) is 30.4 Å². The maximum atomic E-state index is 11.8. The van der Waals surface area contributed by atoms with E-state index < -0.39 is 0 Å². The van der Waals surface area contributed by atoms with Crippen LogP contribution in [-0.4, -0.2) is 36.5 Å². The first-order valence-corrected chi connectivity index (χ1v) is 7.32. The van der Waals surface area contributed by atoms with Crippen molar-refractivity contribution in [1.82, 2.24) is 10.2 Å². The van der Waals surface area contributed by atoms with E-state index in [0.29, 0.717) is 6.54 Å². The minimum atomic E-state index is -0.383. The molecule has 0 aliphatic carbocycles. The van der Waals surface area contributed by atoms with Crippen molar-refractivity contribution in [2.45, 2.75) is 45.3 Å². The van der Waals surface area contributed by atoms with Gasteiger partial charge < -0.3 is 11.1 Å². The molecule has 0 aliphatic rings. The average molecular weight is 314 g/mol. The fourth-order valence-electron chi connectivity index (χ4n) is 2.00. The zero-order valence-corrected chi connectivity index (χ0v) is 14.0. The second kappa shape index (κ2) is 10.6. The number of hydrogen-bond donors (Lipinski definition) is 2. The molecule has 1 rings (SSSR count). The zero-order valence-electron chi connectivity index (χ0n) is 13.2. The number of nitrogens with two attached hydrogens (primary N) is 1. The summed E-state index contributed by atoms with van der Waals surface area (Å²) in [4.78, 5) is 14.0. The Kier molecular flexibility index (Phi) is 10.0. The number of hydrogen-bond acceptors (Lipinski definition) is 3. The molecule has 0 aliphatic heterocycles. The van der Waals surface area contributed by atoms with Crippen molar-refractivity contribution in [1.29, 1.82) is 0 Å². The van der Waals surface area contributed by atoms with E-state index in [9.17, 15) is 4.79 Å². The van der Waals surface area contributed by atoms with Gasteiger partial charge in [-0.1, -0.05) is 43.7 Å². The smallest absolute Gasteiger partial charge is 0.236 e. The van der Waals surface area contributed by atoms with E-state index >= 15 is 0 Å². The Morgan fingerprint density at radius 1 is 1.33 bits per heavy atom. The van der Waals surface area contributed by atoms with Crippen LogP contribution in [0.25, 0.3) is 0 Å². The molecule has 0 aromatic heterocycles. The van der Waals surface area contributed by atoms with E-state index in [1.54, 1.807) is 0 Å². The fraction of sp³-hybridized carbons (Fsp3) is 0.562. The normalized spacial score (nSPS) is 13.4. The van der Waals surface area contributed by atoms with Crippen LogP contribution in [0.5, 0.6) is 0 Å². The lowest BCUT2D eigenvalue weighted by atomic mass is 10.1. The molecule has 2 unspecified atom stereocenters. The SMILES string of the molecule is CCCC(N)C(=O)NCC(C)N(C)Cc1ccccc1.Cl. The molecule has 4 nitrogen and oxygen atoms in total. The van der Waals surface area contributed by atoms with Crippen molar-refractivity contribution in [2.24, 2.45) is 5.73 Å². The van der Waals surface area contributed by atoms with Crippen LogP contribution in [0, 0.1) is 0 Å². The second-order valence-electron chi connectivity index (χ2n) is 5.39. The van der Waals surface area contributed by atoms with Crippen LogP contribution in [0.2, 0.25) is 0 Å². The molecule has 1 aromatic carbocycles. The maximum Gasteiger partial charge on any atom is 0.236 e. The zero-order chi connectivity index (χ0) is 15.0. The average Bonchev–Trinajstić information content (AvgIpc) is 2.45. The van der Waals surface area contributed by atoms with Crippen LogP contribution < -0.4 is 11.1 Å². The van der Waals surface area contributed by atoms with Crippen molar-refractivity contribution < 1.29 is 4.79 Å². The molecule has 1 amide bonds. The lowest BCUT2D eigenvalue weighted by Gasteiger charge is -2.25. The first kappa shape index (κ1) is 19.9. The van der Waals surface area contributed by atoms with Gasteiger partial charge in [0, 0.05) is 19.1 Å². The highest BCUT2D eigenvalue weighted by atomic mass is 35.5. The van der Waals surface area contributed by atoms with Gasteiger partial charge in [-0.05, 0) is 26.0 Å². The number of benzene rings is 1. The molecule has 0 saturated carbocycles. The Hall–Kier alpha value is -1.10. The number of nitrogens with one attached hydrogen (secondary N) is 1. The van der Waals surface area contributed by atoms with Gasteiger partial charge in [0.2, 0.25) is 5.91 Å². The number of likely N-dealkylation sites (N-methyl/N-ethyl adjacent to an activating group) is 1. The molecule has 3 N–H and O–H groups in total. The molecule has 0 heterocycles. The first-order valence-electron chi connectivity index (χ1n) is 7.32. The van der Waals surface area contributed by atoms with Gasteiger partial charge in [-0.3, -0.25) is 9.69 Å². The maximum absolute atomic E-state index is 11.8. The Bertz CT molecular complexity index is 400. The summed E-state index contributed by atoms with van der Waals surface area (Å²) in [5, 5.41) is 2.93. The lowest BCUT2D eigenvalue weighted by molar-refractivity contribution is -0.122. The van der Waals surface area contributed by atoms with E-state index in [1.807, 2.05) is 25.1 Å². The topological polar surface area (TPSA) is 58.4 Å². The fourth-order valence-corrected chi connectivity index (χ4v) is 2.00. The van der Waals surface area contributed by atoms with Crippen molar-refractivity contribution in [3.05, 3.63) is 35.9 Å². The summed E-state index contributed by atoms with van der Waals surface area (Å²) in [6.45, 7) is 5.64. The minimum absolute atomic E-state index is 0. The van der Waals surface area contributed by atoms with E-state index in [1.165, 1.54) is 5.56 Å². The van der Waals surface area contributed by atoms with E-state index in [4.69, 9.17) is 5.73 Å². The van der Waals surface area contributed by atoms with Crippen LogP contribution in [0.1, 0.15) is 32.3 Å². The molecule has 0 saturated heterocycles. The summed E-state index contributed by atoms with van der Waals surface area (Å²) < 4.78 is 0. The molecule has 120 valence electrons. The third-order valence-corrected chi connectivity index (χ3v) is 3.54. The van der Waals surface area contributed by atoms with Crippen molar-refractivity contribution in [3.8, 4) is 0 Å². The standard InChI is InChI=1S/C16H27N3O.ClH/c1-4-8-15(17)16(20)18-11-13(2)19(3)12-14-9-6-5-7-10-14;/h5-7,9-10,13,15H,4,8,11-12,17H2,1-3H3,(H,18,20);1H. The highest BCUT2D eigenvalue weighted by Gasteiger charge is 2.15. The van der Waals surface area contributed by atoms with Crippen LogP contribution in [0.4, 0.5) is 0 Å². The first-order chi connectivity index (χ1) is 9.54. The van der Waals surface area contributed by atoms with E-state index in [2.05, 4.69) is 36.3 Å². The lowest BCUT2D eigenvalue weighted by Crippen LogP contribution is -2.46. The van der Waals surface area contributed by atoms with Gasteiger partial charge in [-0.25, -0.2) is 0 Å². The van der Waals surface area contributed by atoms with E-state index in [0.717, 1.165) is 19.4 Å². The van der Waals surface area contributed by atoms with Gasteiger partial charge in [0.05, 0.1) is 6.04 Å². The molecule has 1 aromatic rings. The quantitative estimate of drug-likeness (QED) is 0.773. The van der Waals surface area contributed by atoms with Crippen LogP contribution in [-0.2, 0) is 11.3 Å². The monoisotopic (exact) mass is 313 g/mol. The van der Waals surface area contributed by atoms with Gasteiger partial charge in [0.1, 0.15) is 0 Å². The Labute approximate surface area is 134 Å². The van der Waals surface area contributed by atoms with Crippen molar-refractivity contribution in [3.63, 3.8) is 0 Å². The summed E-state index contributed by atoms with van der Waals surface area (Å²) in [6.07, 6.45) is 1.66. The predicted octanol–water partition coefficient (Wildman–Crippen LogP) is 2.17. The number of halogens is 1. The van der Waals surface area contributed by atoms with Gasteiger partial charge in [-0.15, -0.1) is 12.4 Å². The molecule has 0 spiro atoms. The molecular weight excluding hydrogens is 286 g/mol. The third-order valence-electron chi connectivity index (χ3n) is 3.54. The molecule has 2 atom stereocenters. The Morgan fingerprint density at radius 2 is 1.95 bits per heavy atom. The highest BCUT2D eigenvalue weighted by molar-refractivity contribution is 5.85. The number of nitrogens with zero attached hydrogens (tertiary/aromatic N) is 1. The summed E-state index contributed by atoms with van der Waals surface area (Å²) in [5.41, 5.74) is 7.06. The van der Waals surface area contributed by atoms with Gasteiger partial charge >= 0.3 is 0 Å².